The van der Waals surface area contributed by atoms with Crippen LogP contribution in [0.3, 0.4) is 0 Å². The summed E-state index contributed by atoms with van der Waals surface area (Å²) in [5.41, 5.74) is 5.27. The van der Waals surface area contributed by atoms with Crippen LogP contribution in [-0.2, 0) is 4.79 Å². The first-order chi connectivity index (χ1) is 9.32. The predicted molar refractivity (Wildman–Crippen MR) is 76.0 cm³/mol. The van der Waals surface area contributed by atoms with Gasteiger partial charge in [0.15, 0.2) is 0 Å². The van der Waals surface area contributed by atoms with E-state index in [4.69, 9.17) is 26.2 Å². The molecule has 116 valence electrons. The Morgan fingerprint density at radius 1 is 1.25 bits per heavy atom. The number of amidine groups is 1. The fraction of sp³-hybridized carbons (Fsp3) is 0.769. The van der Waals surface area contributed by atoms with Crippen LogP contribution in [0.1, 0.15) is 45.4 Å². The minimum absolute atomic E-state index is 0.265. The van der Waals surface area contributed by atoms with Crippen LogP contribution in [0.5, 0.6) is 0 Å². The Balaban J connectivity index is 0.000000796. The van der Waals surface area contributed by atoms with E-state index in [-0.39, 0.29) is 5.84 Å². The Labute approximate surface area is 119 Å². The average molecular weight is 287 g/mol. The van der Waals surface area contributed by atoms with Gasteiger partial charge in [-0.2, -0.15) is 0 Å². The first-order valence-electron chi connectivity index (χ1n) is 6.83. The van der Waals surface area contributed by atoms with Crippen molar-refractivity contribution >= 4 is 17.9 Å². The van der Waals surface area contributed by atoms with Gasteiger partial charge >= 0.3 is 6.09 Å². The van der Waals surface area contributed by atoms with Gasteiger partial charge < -0.3 is 20.8 Å². The summed E-state index contributed by atoms with van der Waals surface area (Å²) in [7, 11) is 0. The number of hydrogen-bond donors (Lipinski definition) is 4. The summed E-state index contributed by atoms with van der Waals surface area (Å²) in [6.07, 6.45) is 5.06. The van der Waals surface area contributed by atoms with Crippen LogP contribution in [0.2, 0.25) is 0 Å². The van der Waals surface area contributed by atoms with Crippen LogP contribution < -0.4 is 5.73 Å². The molecule has 1 rings (SSSR count). The van der Waals surface area contributed by atoms with Crippen molar-refractivity contribution in [1.29, 1.82) is 5.41 Å². The van der Waals surface area contributed by atoms with Crippen LogP contribution >= 0.6 is 0 Å². The highest BCUT2D eigenvalue weighted by Crippen LogP contribution is 2.22. The third kappa shape index (κ3) is 10.2. The lowest BCUT2D eigenvalue weighted by atomic mass is 9.91. The van der Waals surface area contributed by atoms with Gasteiger partial charge in [0.1, 0.15) is 0 Å². The predicted octanol–water partition coefficient (Wildman–Crippen LogP) is 1.96. The number of carboxylic acids is 1. The molecule has 1 aliphatic heterocycles. The van der Waals surface area contributed by atoms with Gasteiger partial charge in [-0.15, -0.1) is 0 Å². The fourth-order valence-corrected chi connectivity index (χ4v) is 2.16. The van der Waals surface area contributed by atoms with E-state index < -0.39 is 12.1 Å². The van der Waals surface area contributed by atoms with E-state index in [9.17, 15) is 4.79 Å². The number of nitrogens with two attached hydrogens (primary N) is 1. The van der Waals surface area contributed by atoms with Gasteiger partial charge in [-0.25, -0.2) is 4.79 Å². The maximum atomic E-state index is 10.7. The highest BCUT2D eigenvalue weighted by Gasteiger charge is 2.21. The lowest BCUT2D eigenvalue weighted by Crippen LogP contribution is -2.37. The molecule has 7 nitrogen and oxygen atoms in total. The number of amides is 1. The lowest BCUT2D eigenvalue weighted by molar-refractivity contribution is -0.134. The number of aliphatic carboxylic acids is 1. The summed E-state index contributed by atoms with van der Waals surface area (Å²) >= 11 is 0. The van der Waals surface area contributed by atoms with Gasteiger partial charge in [0.25, 0.3) is 5.97 Å². The molecule has 0 aromatic heterocycles. The van der Waals surface area contributed by atoms with Gasteiger partial charge in [0.05, 0.1) is 5.84 Å². The van der Waals surface area contributed by atoms with Crippen molar-refractivity contribution in [2.45, 2.75) is 45.4 Å². The second-order valence-corrected chi connectivity index (χ2v) is 5.00. The maximum absolute atomic E-state index is 10.7. The van der Waals surface area contributed by atoms with Crippen molar-refractivity contribution in [3.8, 4) is 0 Å². The van der Waals surface area contributed by atoms with Crippen LogP contribution in [0.4, 0.5) is 4.79 Å². The van der Waals surface area contributed by atoms with E-state index in [1.807, 2.05) is 0 Å². The van der Waals surface area contributed by atoms with E-state index in [0.29, 0.717) is 25.4 Å². The van der Waals surface area contributed by atoms with Crippen molar-refractivity contribution in [1.82, 2.24) is 4.90 Å². The zero-order chi connectivity index (χ0) is 15.5. The lowest BCUT2D eigenvalue weighted by Gasteiger charge is -2.29. The molecule has 20 heavy (non-hydrogen) atoms. The Morgan fingerprint density at radius 3 is 2.15 bits per heavy atom. The zero-order valence-corrected chi connectivity index (χ0v) is 12.0. The summed E-state index contributed by atoms with van der Waals surface area (Å²) in [4.78, 5) is 21.2. The van der Waals surface area contributed by atoms with Crippen LogP contribution in [-0.4, -0.2) is 46.1 Å². The quantitative estimate of drug-likeness (QED) is 0.349. The normalized spacial score (nSPS) is 15.2. The number of unbranched alkanes of at least 4 members (excludes halogenated alkanes) is 1. The minimum Gasteiger partial charge on any atom is -0.481 e. The van der Waals surface area contributed by atoms with Crippen molar-refractivity contribution in [2.75, 3.05) is 13.1 Å². The third-order valence-electron chi connectivity index (χ3n) is 3.19. The van der Waals surface area contributed by atoms with E-state index in [2.05, 4.69) is 0 Å². The molecule has 1 amide bonds. The van der Waals surface area contributed by atoms with Crippen molar-refractivity contribution in [3.63, 3.8) is 0 Å². The second-order valence-electron chi connectivity index (χ2n) is 5.00. The van der Waals surface area contributed by atoms with E-state index in [1.165, 1.54) is 4.90 Å². The van der Waals surface area contributed by atoms with Gasteiger partial charge in [-0.1, -0.05) is 12.8 Å². The van der Waals surface area contributed by atoms with Crippen LogP contribution in [0, 0.1) is 11.3 Å². The average Bonchev–Trinajstić information content (AvgIpc) is 2.34. The topological polar surface area (TPSA) is 128 Å². The number of hydrogen-bond acceptors (Lipinski definition) is 3. The van der Waals surface area contributed by atoms with Crippen molar-refractivity contribution in [2.24, 2.45) is 11.7 Å². The number of nitrogens with one attached hydrogen (secondary N) is 1. The molecule has 5 N–H and O–H groups in total. The largest absolute Gasteiger partial charge is 0.481 e. The summed E-state index contributed by atoms with van der Waals surface area (Å²) in [6.45, 7) is 2.43. The number of likely N-dealkylation sites (tertiary alicyclic amines) is 1. The molecular formula is C13H25N3O4. The molecule has 0 bridgehead atoms. The SMILES string of the molecule is CC(=O)O.N=C(N)CCCCC1CCN(C(=O)O)CC1. The van der Waals surface area contributed by atoms with Crippen LogP contribution in [0.15, 0.2) is 0 Å². The van der Waals surface area contributed by atoms with Crippen LogP contribution in [0.25, 0.3) is 0 Å². The number of rotatable bonds is 5. The van der Waals surface area contributed by atoms with Crippen molar-refractivity contribution < 1.29 is 19.8 Å². The highest BCUT2D eigenvalue weighted by atomic mass is 16.4. The van der Waals surface area contributed by atoms with Crippen molar-refractivity contribution in [3.05, 3.63) is 0 Å². The molecule has 0 radical (unpaired) electrons. The summed E-state index contributed by atoms with van der Waals surface area (Å²) < 4.78 is 0. The Hall–Kier alpha value is -1.79. The number of carboxylic acid groups (broad SMARTS) is 2. The first-order valence-corrected chi connectivity index (χ1v) is 6.83. The molecule has 0 aromatic rings. The molecule has 1 aliphatic rings. The standard InChI is InChI=1S/C11H21N3O2.C2H4O2/c12-10(13)4-2-1-3-9-5-7-14(8-6-9)11(15)16;1-2(3)4/h9H,1-8H2,(H3,12,13)(H,15,16);1H3,(H,3,4). The summed E-state index contributed by atoms with van der Waals surface area (Å²) in [5, 5.41) is 23.3. The van der Waals surface area contributed by atoms with Gasteiger partial charge in [-0.3, -0.25) is 10.2 Å². The second kappa shape index (κ2) is 10.1. The minimum atomic E-state index is -0.833. The Bertz CT molecular complexity index is 322. The molecule has 0 spiro atoms. The van der Waals surface area contributed by atoms with E-state index in [1.54, 1.807) is 0 Å². The molecule has 1 heterocycles. The molecule has 1 saturated heterocycles. The molecule has 0 atom stereocenters. The molecule has 7 heteroatoms. The smallest absolute Gasteiger partial charge is 0.407 e. The van der Waals surface area contributed by atoms with Gasteiger partial charge in [0.2, 0.25) is 0 Å². The molecule has 1 fully saturated rings. The van der Waals surface area contributed by atoms with E-state index in [0.717, 1.165) is 39.0 Å². The molecule has 0 unspecified atom stereocenters. The Morgan fingerprint density at radius 2 is 1.75 bits per heavy atom. The zero-order valence-electron chi connectivity index (χ0n) is 12.0. The van der Waals surface area contributed by atoms with Gasteiger partial charge in [-0.05, 0) is 25.2 Å². The first kappa shape index (κ1) is 18.2. The number of piperidine rings is 1. The van der Waals surface area contributed by atoms with Gasteiger partial charge in [0, 0.05) is 26.4 Å². The highest BCUT2D eigenvalue weighted by molar-refractivity contribution is 5.76. The molecule has 0 aliphatic carbocycles. The summed E-state index contributed by atoms with van der Waals surface area (Å²) in [6, 6.07) is 0. The fourth-order valence-electron chi connectivity index (χ4n) is 2.16. The monoisotopic (exact) mass is 287 g/mol. The maximum Gasteiger partial charge on any atom is 0.407 e. The molecular weight excluding hydrogens is 262 g/mol. The number of nitrogens with zero attached hydrogens (tertiary/aromatic N) is 1. The van der Waals surface area contributed by atoms with E-state index >= 15 is 0 Å². The number of carbonyl (C=O) groups is 2. The third-order valence-corrected chi connectivity index (χ3v) is 3.19. The Kier molecular flexibility index (Phi) is 9.15. The summed E-state index contributed by atoms with van der Waals surface area (Å²) in [5.74, 6) is 0.0863. The molecule has 0 saturated carbocycles. The molecule has 0 aromatic carbocycles.